The Morgan fingerprint density at radius 1 is 0.818 bits per heavy atom. The van der Waals surface area contributed by atoms with E-state index in [-0.39, 0.29) is 11.5 Å². The highest BCUT2D eigenvalue weighted by Crippen LogP contribution is 2.43. The third-order valence-electron chi connectivity index (χ3n) is 4.25. The zero-order valence-electron chi connectivity index (χ0n) is 12.8. The summed E-state index contributed by atoms with van der Waals surface area (Å²) in [5.41, 5.74) is 4.00. The minimum absolute atomic E-state index is 0.0359. The third kappa shape index (κ3) is 2.45. The maximum absolute atomic E-state index is 10.4. The number of fused-ring (bicyclic) bond motifs is 1. The average molecular weight is 300 g/mol. The van der Waals surface area contributed by atoms with E-state index in [0.717, 1.165) is 24.0 Å². The summed E-state index contributed by atoms with van der Waals surface area (Å²) >= 11 is 0. The molecule has 1 aliphatic carbocycles. The van der Waals surface area contributed by atoms with Gasteiger partial charge in [0.05, 0.1) is 14.2 Å². The van der Waals surface area contributed by atoms with Gasteiger partial charge in [-0.25, -0.2) is 0 Å². The Hall–Kier alpha value is -2.36. The predicted octanol–water partition coefficient (Wildman–Crippen LogP) is 3.66. The number of rotatable bonds is 3. The number of methoxy groups -OCH3 is 2. The molecule has 2 aromatic carbocycles. The summed E-state index contributed by atoms with van der Waals surface area (Å²) in [4.78, 5) is 0. The Labute approximate surface area is 129 Å². The smallest absolute Gasteiger partial charge is 0.200 e. The zero-order chi connectivity index (χ0) is 15.7. The van der Waals surface area contributed by atoms with Crippen LogP contribution in [0.4, 0.5) is 0 Å². The Balaban J connectivity index is 2.14. The first kappa shape index (κ1) is 14.6. The number of hydrogen-bond donors (Lipinski definition) is 2. The van der Waals surface area contributed by atoms with Crippen LogP contribution in [0, 0.1) is 0 Å². The molecule has 0 saturated carbocycles. The van der Waals surface area contributed by atoms with Crippen molar-refractivity contribution in [3.05, 3.63) is 35.4 Å². The van der Waals surface area contributed by atoms with E-state index in [2.05, 4.69) is 0 Å². The highest BCUT2D eigenvalue weighted by molar-refractivity contribution is 5.76. The van der Waals surface area contributed by atoms with Crippen molar-refractivity contribution in [3.63, 3.8) is 0 Å². The molecule has 2 N–H and O–H groups in total. The zero-order valence-corrected chi connectivity index (χ0v) is 12.8. The molecule has 2 aromatic rings. The Bertz CT molecular complexity index is 681. The largest absolute Gasteiger partial charge is 0.507 e. The lowest BCUT2D eigenvalue weighted by Gasteiger charge is -2.19. The molecule has 4 nitrogen and oxygen atoms in total. The van der Waals surface area contributed by atoms with Gasteiger partial charge in [0.25, 0.3) is 0 Å². The van der Waals surface area contributed by atoms with Gasteiger partial charge in [-0.2, -0.15) is 0 Å². The second-order valence-corrected chi connectivity index (χ2v) is 5.57. The Morgan fingerprint density at radius 3 is 1.91 bits per heavy atom. The van der Waals surface area contributed by atoms with Crippen LogP contribution in [0.2, 0.25) is 0 Å². The molecule has 0 radical (unpaired) electrons. The van der Waals surface area contributed by atoms with E-state index in [1.165, 1.54) is 38.2 Å². The van der Waals surface area contributed by atoms with E-state index in [0.29, 0.717) is 11.5 Å². The van der Waals surface area contributed by atoms with Crippen LogP contribution < -0.4 is 9.47 Å². The molecule has 0 bridgehead atoms. The fourth-order valence-corrected chi connectivity index (χ4v) is 3.05. The molecular formula is C18H20O4. The summed E-state index contributed by atoms with van der Waals surface area (Å²) in [6.07, 6.45) is 4.41. The molecule has 0 aliphatic heterocycles. The fraction of sp³-hybridized carbons (Fsp3) is 0.333. The van der Waals surface area contributed by atoms with Gasteiger partial charge in [0.2, 0.25) is 5.75 Å². The lowest BCUT2D eigenvalue weighted by atomic mass is 9.88. The van der Waals surface area contributed by atoms with E-state index in [9.17, 15) is 10.2 Å². The molecule has 1 aliphatic rings. The van der Waals surface area contributed by atoms with Crippen molar-refractivity contribution >= 4 is 0 Å². The number of aryl methyl sites for hydroxylation is 2. The van der Waals surface area contributed by atoms with E-state index >= 15 is 0 Å². The molecule has 0 atom stereocenters. The standard InChI is InChI=1S/C18H20O4/c1-21-16-9-13(10-17(22-2)18(16)20)14-7-11-5-3-4-6-12(11)8-15(14)19/h7-10,19-20H,3-6H2,1-2H3. The molecule has 4 heteroatoms. The molecular weight excluding hydrogens is 280 g/mol. The Kier molecular flexibility index (Phi) is 3.84. The quantitative estimate of drug-likeness (QED) is 0.908. The third-order valence-corrected chi connectivity index (χ3v) is 4.25. The van der Waals surface area contributed by atoms with E-state index in [1.54, 1.807) is 12.1 Å². The van der Waals surface area contributed by atoms with Crippen LogP contribution in [-0.2, 0) is 12.8 Å². The SMILES string of the molecule is COc1cc(-c2cc3c(cc2O)CCCC3)cc(OC)c1O. The van der Waals surface area contributed by atoms with Gasteiger partial charge in [-0.15, -0.1) is 0 Å². The summed E-state index contributed by atoms with van der Waals surface area (Å²) < 4.78 is 10.4. The summed E-state index contributed by atoms with van der Waals surface area (Å²) in [6.45, 7) is 0. The van der Waals surface area contributed by atoms with Crippen LogP contribution >= 0.6 is 0 Å². The summed E-state index contributed by atoms with van der Waals surface area (Å²) in [7, 11) is 2.98. The van der Waals surface area contributed by atoms with Gasteiger partial charge in [0.1, 0.15) is 5.75 Å². The van der Waals surface area contributed by atoms with Gasteiger partial charge in [-0.05, 0) is 66.6 Å². The minimum Gasteiger partial charge on any atom is -0.507 e. The second-order valence-electron chi connectivity index (χ2n) is 5.57. The number of phenolic OH excluding ortho intramolecular Hbond substituents is 2. The topological polar surface area (TPSA) is 58.9 Å². The van der Waals surface area contributed by atoms with Crippen molar-refractivity contribution in [1.82, 2.24) is 0 Å². The predicted molar refractivity (Wildman–Crippen MR) is 85.0 cm³/mol. The number of phenols is 2. The first-order valence-corrected chi connectivity index (χ1v) is 7.44. The molecule has 0 heterocycles. The minimum atomic E-state index is -0.0359. The molecule has 116 valence electrons. The molecule has 0 unspecified atom stereocenters. The van der Waals surface area contributed by atoms with Crippen LogP contribution in [0.25, 0.3) is 11.1 Å². The summed E-state index contributed by atoms with van der Waals surface area (Å²) in [6, 6.07) is 7.31. The molecule has 0 aromatic heterocycles. The van der Waals surface area contributed by atoms with Gasteiger partial charge < -0.3 is 19.7 Å². The normalized spacial score (nSPS) is 13.5. The van der Waals surface area contributed by atoms with Crippen molar-refractivity contribution in [1.29, 1.82) is 0 Å². The Morgan fingerprint density at radius 2 is 1.36 bits per heavy atom. The van der Waals surface area contributed by atoms with Crippen LogP contribution in [0.5, 0.6) is 23.0 Å². The first-order chi connectivity index (χ1) is 10.6. The maximum Gasteiger partial charge on any atom is 0.200 e. The van der Waals surface area contributed by atoms with E-state index in [4.69, 9.17) is 9.47 Å². The van der Waals surface area contributed by atoms with Gasteiger partial charge >= 0.3 is 0 Å². The van der Waals surface area contributed by atoms with Crippen molar-refractivity contribution in [2.24, 2.45) is 0 Å². The monoisotopic (exact) mass is 300 g/mol. The molecule has 0 spiro atoms. The number of benzene rings is 2. The van der Waals surface area contributed by atoms with Crippen molar-refractivity contribution in [3.8, 4) is 34.1 Å². The van der Waals surface area contributed by atoms with Gasteiger partial charge in [0, 0.05) is 5.56 Å². The average Bonchev–Trinajstić information content (AvgIpc) is 2.54. The van der Waals surface area contributed by atoms with Crippen LogP contribution in [0.1, 0.15) is 24.0 Å². The van der Waals surface area contributed by atoms with Crippen molar-refractivity contribution < 1.29 is 19.7 Å². The number of hydrogen-bond acceptors (Lipinski definition) is 4. The second kappa shape index (κ2) is 5.79. The van der Waals surface area contributed by atoms with Crippen molar-refractivity contribution in [2.45, 2.75) is 25.7 Å². The van der Waals surface area contributed by atoms with Gasteiger partial charge in [0.15, 0.2) is 11.5 Å². The molecule has 3 rings (SSSR count). The summed E-state index contributed by atoms with van der Waals surface area (Å²) in [5.74, 6) is 0.861. The molecule has 0 amide bonds. The van der Waals surface area contributed by atoms with Gasteiger partial charge in [-0.3, -0.25) is 0 Å². The fourth-order valence-electron chi connectivity index (χ4n) is 3.05. The van der Waals surface area contributed by atoms with Crippen LogP contribution in [0.15, 0.2) is 24.3 Å². The highest BCUT2D eigenvalue weighted by atomic mass is 16.5. The van der Waals surface area contributed by atoms with Crippen LogP contribution in [-0.4, -0.2) is 24.4 Å². The molecule has 22 heavy (non-hydrogen) atoms. The lowest BCUT2D eigenvalue weighted by molar-refractivity contribution is 0.340. The number of aromatic hydroxyl groups is 2. The lowest BCUT2D eigenvalue weighted by Crippen LogP contribution is -2.02. The highest BCUT2D eigenvalue weighted by Gasteiger charge is 2.17. The molecule has 0 fully saturated rings. The van der Waals surface area contributed by atoms with Crippen LogP contribution in [0.3, 0.4) is 0 Å². The maximum atomic E-state index is 10.4. The van der Waals surface area contributed by atoms with Crippen molar-refractivity contribution in [2.75, 3.05) is 14.2 Å². The van der Waals surface area contributed by atoms with E-state index in [1.807, 2.05) is 12.1 Å². The molecule has 0 saturated heterocycles. The van der Waals surface area contributed by atoms with E-state index < -0.39 is 0 Å². The summed E-state index contributed by atoms with van der Waals surface area (Å²) in [5, 5.41) is 20.4. The first-order valence-electron chi connectivity index (χ1n) is 7.44. The van der Waals surface area contributed by atoms with Gasteiger partial charge in [-0.1, -0.05) is 0 Å². The number of ether oxygens (including phenoxy) is 2.